The molecule has 0 aliphatic heterocycles. The Morgan fingerprint density at radius 3 is 3.00 bits per heavy atom. The number of benzene rings is 1. The Morgan fingerprint density at radius 1 is 1.62 bits per heavy atom. The molecule has 0 amide bonds. The molecule has 0 radical (unpaired) electrons. The predicted octanol–water partition coefficient (Wildman–Crippen LogP) is 2.43. The van der Waals surface area contributed by atoms with Gasteiger partial charge < -0.3 is 10.1 Å². The molecule has 3 heteroatoms. The summed E-state index contributed by atoms with van der Waals surface area (Å²) in [5.41, 5.74) is 0.432. The Morgan fingerprint density at radius 2 is 2.38 bits per heavy atom. The van der Waals surface area contributed by atoms with Gasteiger partial charge in [-0.2, -0.15) is 0 Å². The van der Waals surface area contributed by atoms with Gasteiger partial charge in [0.1, 0.15) is 6.61 Å². The smallest absolute Gasteiger partial charge is 0.188 e. The SMILES string of the molecule is C=CCOc1cccc(NC)c1F. The van der Waals surface area contributed by atoms with Crippen molar-refractivity contribution < 1.29 is 9.13 Å². The number of hydrogen-bond donors (Lipinski definition) is 1. The number of ether oxygens (including phenoxy) is 1. The summed E-state index contributed by atoms with van der Waals surface area (Å²) in [6.45, 7) is 3.79. The largest absolute Gasteiger partial charge is 0.486 e. The fourth-order valence-corrected chi connectivity index (χ4v) is 0.964. The highest BCUT2D eigenvalue weighted by Crippen LogP contribution is 2.23. The lowest BCUT2D eigenvalue weighted by atomic mass is 10.3. The van der Waals surface area contributed by atoms with Gasteiger partial charge in [-0.3, -0.25) is 0 Å². The standard InChI is InChI=1S/C10H12FNO/c1-3-7-13-9-6-4-5-8(12-2)10(9)11/h3-6,12H,1,7H2,2H3. The minimum absolute atomic E-state index is 0.242. The third-order valence-corrected chi connectivity index (χ3v) is 1.59. The Kier molecular flexibility index (Phi) is 3.31. The Labute approximate surface area is 77.0 Å². The van der Waals surface area contributed by atoms with Crippen molar-refractivity contribution in [2.75, 3.05) is 19.0 Å². The Bertz CT molecular complexity index is 299. The van der Waals surface area contributed by atoms with E-state index in [1.54, 1.807) is 31.3 Å². The van der Waals surface area contributed by atoms with Crippen LogP contribution >= 0.6 is 0 Å². The van der Waals surface area contributed by atoms with Crippen LogP contribution in [0.3, 0.4) is 0 Å². The van der Waals surface area contributed by atoms with E-state index in [-0.39, 0.29) is 11.6 Å². The number of hydrogen-bond acceptors (Lipinski definition) is 2. The van der Waals surface area contributed by atoms with Crippen molar-refractivity contribution in [1.82, 2.24) is 0 Å². The summed E-state index contributed by atoms with van der Waals surface area (Å²) in [5, 5.41) is 2.73. The number of halogens is 1. The first-order valence-corrected chi connectivity index (χ1v) is 3.99. The van der Waals surface area contributed by atoms with Crippen molar-refractivity contribution in [1.29, 1.82) is 0 Å². The van der Waals surface area contributed by atoms with Crippen LogP contribution in [0.4, 0.5) is 10.1 Å². The van der Waals surface area contributed by atoms with Gasteiger partial charge in [0, 0.05) is 7.05 Å². The van der Waals surface area contributed by atoms with Crippen LogP contribution in [0, 0.1) is 5.82 Å². The van der Waals surface area contributed by atoms with Gasteiger partial charge in [-0.15, -0.1) is 0 Å². The lowest BCUT2D eigenvalue weighted by Gasteiger charge is -2.07. The lowest BCUT2D eigenvalue weighted by molar-refractivity contribution is 0.342. The van der Waals surface area contributed by atoms with Crippen LogP contribution in [0.2, 0.25) is 0 Å². The molecule has 0 saturated heterocycles. The molecule has 0 fully saturated rings. The number of rotatable bonds is 4. The second-order valence-corrected chi connectivity index (χ2v) is 2.47. The predicted molar refractivity (Wildman–Crippen MR) is 51.6 cm³/mol. The maximum absolute atomic E-state index is 13.4. The first kappa shape index (κ1) is 9.58. The summed E-state index contributed by atoms with van der Waals surface area (Å²) in [6.07, 6.45) is 1.57. The molecule has 0 unspecified atom stereocenters. The van der Waals surface area contributed by atoms with E-state index in [1.165, 1.54) is 0 Å². The van der Waals surface area contributed by atoms with Crippen LogP contribution in [0.25, 0.3) is 0 Å². The van der Waals surface area contributed by atoms with Crippen molar-refractivity contribution in [3.63, 3.8) is 0 Å². The summed E-state index contributed by atoms with van der Waals surface area (Å²) in [5.74, 6) is -0.126. The molecule has 0 aliphatic rings. The molecule has 13 heavy (non-hydrogen) atoms. The van der Waals surface area contributed by atoms with Gasteiger partial charge in [0.05, 0.1) is 5.69 Å². The number of anilines is 1. The fourth-order valence-electron chi connectivity index (χ4n) is 0.964. The minimum atomic E-state index is -0.369. The minimum Gasteiger partial charge on any atom is -0.486 e. The molecule has 0 aromatic heterocycles. The van der Waals surface area contributed by atoms with E-state index < -0.39 is 0 Å². The van der Waals surface area contributed by atoms with Crippen LogP contribution in [0.5, 0.6) is 5.75 Å². The molecule has 1 aromatic carbocycles. The highest BCUT2D eigenvalue weighted by Gasteiger charge is 2.06. The van der Waals surface area contributed by atoms with Gasteiger partial charge in [0.15, 0.2) is 11.6 Å². The molecular formula is C10H12FNO. The van der Waals surface area contributed by atoms with E-state index in [1.807, 2.05) is 0 Å². The van der Waals surface area contributed by atoms with E-state index in [0.717, 1.165) is 0 Å². The summed E-state index contributed by atoms with van der Waals surface area (Å²) in [7, 11) is 1.66. The van der Waals surface area contributed by atoms with Crippen molar-refractivity contribution in [3.8, 4) is 5.75 Å². The van der Waals surface area contributed by atoms with Crippen LogP contribution < -0.4 is 10.1 Å². The molecule has 0 saturated carbocycles. The van der Waals surface area contributed by atoms with Gasteiger partial charge >= 0.3 is 0 Å². The van der Waals surface area contributed by atoms with Crippen molar-refractivity contribution in [2.24, 2.45) is 0 Å². The molecule has 0 spiro atoms. The monoisotopic (exact) mass is 181 g/mol. The van der Waals surface area contributed by atoms with Gasteiger partial charge in [-0.25, -0.2) is 4.39 Å². The maximum Gasteiger partial charge on any atom is 0.188 e. The first-order valence-electron chi connectivity index (χ1n) is 3.99. The summed E-state index contributed by atoms with van der Waals surface area (Å²) >= 11 is 0. The average Bonchev–Trinajstić information content (AvgIpc) is 2.16. The molecule has 70 valence electrons. The van der Waals surface area contributed by atoms with Crippen molar-refractivity contribution in [3.05, 3.63) is 36.7 Å². The lowest BCUT2D eigenvalue weighted by Crippen LogP contribution is -1.99. The van der Waals surface area contributed by atoms with Crippen molar-refractivity contribution >= 4 is 5.69 Å². The third-order valence-electron chi connectivity index (χ3n) is 1.59. The Hall–Kier alpha value is -1.51. The quantitative estimate of drug-likeness (QED) is 0.720. The second kappa shape index (κ2) is 4.50. The summed E-state index contributed by atoms with van der Waals surface area (Å²) in [6, 6.07) is 4.96. The molecular weight excluding hydrogens is 169 g/mol. The van der Waals surface area contributed by atoms with Crippen LogP contribution in [-0.4, -0.2) is 13.7 Å². The van der Waals surface area contributed by atoms with Gasteiger partial charge in [-0.1, -0.05) is 18.7 Å². The Balaban J connectivity index is 2.87. The molecule has 0 heterocycles. The van der Waals surface area contributed by atoms with Gasteiger partial charge in [0.2, 0.25) is 0 Å². The molecule has 1 N–H and O–H groups in total. The van der Waals surface area contributed by atoms with E-state index in [4.69, 9.17) is 4.74 Å². The zero-order valence-corrected chi connectivity index (χ0v) is 7.51. The van der Waals surface area contributed by atoms with E-state index in [2.05, 4.69) is 11.9 Å². The van der Waals surface area contributed by atoms with Crippen LogP contribution in [0.15, 0.2) is 30.9 Å². The second-order valence-electron chi connectivity index (χ2n) is 2.47. The summed E-state index contributed by atoms with van der Waals surface area (Å²) < 4.78 is 18.5. The molecule has 1 aromatic rings. The summed E-state index contributed by atoms with van der Waals surface area (Å²) in [4.78, 5) is 0. The molecule has 0 bridgehead atoms. The zero-order valence-electron chi connectivity index (χ0n) is 7.51. The van der Waals surface area contributed by atoms with E-state index >= 15 is 0 Å². The molecule has 1 rings (SSSR count). The van der Waals surface area contributed by atoms with Crippen LogP contribution in [0.1, 0.15) is 0 Å². The topological polar surface area (TPSA) is 21.3 Å². The molecule has 2 nitrogen and oxygen atoms in total. The van der Waals surface area contributed by atoms with E-state index in [0.29, 0.717) is 12.3 Å². The zero-order chi connectivity index (χ0) is 9.68. The van der Waals surface area contributed by atoms with E-state index in [9.17, 15) is 4.39 Å². The molecule has 0 aliphatic carbocycles. The highest BCUT2D eigenvalue weighted by atomic mass is 19.1. The molecule has 0 atom stereocenters. The average molecular weight is 181 g/mol. The normalized spacial score (nSPS) is 9.38. The number of nitrogens with one attached hydrogen (secondary N) is 1. The first-order chi connectivity index (χ1) is 6.29. The van der Waals surface area contributed by atoms with Crippen molar-refractivity contribution in [2.45, 2.75) is 0 Å². The third kappa shape index (κ3) is 2.21. The van der Waals surface area contributed by atoms with Gasteiger partial charge in [-0.05, 0) is 12.1 Å². The van der Waals surface area contributed by atoms with Gasteiger partial charge in [0.25, 0.3) is 0 Å². The highest BCUT2D eigenvalue weighted by molar-refractivity contribution is 5.49. The fraction of sp³-hybridized carbons (Fsp3) is 0.200. The van der Waals surface area contributed by atoms with Crippen LogP contribution in [-0.2, 0) is 0 Å². The maximum atomic E-state index is 13.4.